The Bertz CT molecular complexity index is 686. The van der Waals surface area contributed by atoms with Gasteiger partial charge in [0.15, 0.2) is 0 Å². The molecule has 0 aliphatic carbocycles. The summed E-state index contributed by atoms with van der Waals surface area (Å²) in [7, 11) is 3.28. The zero-order valence-electron chi connectivity index (χ0n) is 14.4. The van der Waals surface area contributed by atoms with Crippen LogP contribution in [0.2, 0.25) is 0 Å². The monoisotopic (exact) mass is 328 g/mol. The summed E-state index contributed by atoms with van der Waals surface area (Å²) < 4.78 is 16.2. The van der Waals surface area contributed by atoms with E-state index >= 15 is 0 Å². The molecule has 0 spiro atoms. The molecule has 2 aromatic carbocycles. The molecule has 1 atom stereocenters. The van der Waals surface area contributed by atoms with Crippen molar-refractivity contribution in [2.75, 3.05) is 20.8 Å². The number of benzene rings is 2. The van der Waals surface area contributed by atoms with Crippen LogP contribution in [0, 0.1) is 0 Å². The molecular weight excluding hydrogens is 304 g/mol. The first-order chi connectivity index (χ1) is 11.6. The van der Waals surface area contributed by atoms with E-state index in [1.165, 1.54) is 0 Å². The first-order valence-corrected chi connectivity index (χ1v) is 7.83. The van der Waals surface area contributed by atoms with Crippen molar-refractivity contribution in [2.24, 2.45) is 10.7 Å². The van der Waals surface area contributed by atoms with Crippen LogP contribution < -0.4 is 19.9 Å². The van der Waals surface area contributed by atoms with Gasteiger partial charge in [-0.1, -0.05) is 18.2 Å². The lowest BCUT2D eigenvalue weighted by atomic mass is 10.1. The molecule has 0 saturated heterocycles. The molecule has 1 unspecified atom stereocenters. The highest BCUT2D eigenvalue weighted by molar-refractivity contribution is 5.82. The van der Waals surface area contributed by atoms with E-state index in [-0.39, 0.29) is 6.10 Å². The van der Waals surface area contributed by atoms with E-state index in [0.29, 0.717) is 18.8 Å². The van der Waals surface area contributed by atoms with Gasteiger partial charge in [-0.2, -0.15) is 0 Å². The van der Waals surface area contributed by atoms with E-state index in [1.807, 2.05) is 55.5 Å². The summed E-state index contributed by atoms with van der Waals surface area (Å²) in [6, 6.07) is 15.3. The Balaban J connectivity index is 1.88. The molecule has 0 aliphatic heterocycles. The summed E-state index contributed by atoms with van der Waals surface area (Å²) >= 11 is 0. The van der Waals surface area contributed by atoms with Gasteiger partial charge < -0.3 is 19.9 Å². The lowest BCUT2D eigenvalue weighted by Gasteiger charge is -2.13. The molecule has 5 heteroatoms. The van der Waals surface area contributed by atoms with Crippen molar-refractivity contribution in [3.05, 3.63) is 54.1 Å². The molecule has 0 aliphatic rings. The van der Waals surface area contributed by atoms with Crippen molar-refractivity contribution in [3.63, 3.8) is 0 Å². The molecule has 24 heavy (non-hydrogen) atoms. The van der Waals surface area contributed by atoms with Crippen molar-refractivity contribution in [1.82, 2.24) is 0 Å². The molecular formula is C19H24N2O3. The van der Waals surface area contributed by atoms with Gasteiger partial charge in [-0.15, -0.1) is 0 Å². The second kappa shape index (κ2) is 8.82. The standard InChI is InChI=1S/C19H24N2O3/c1-14(24-18-9-5-8-17(12-18)23-3)13-21-19(20)11-15-6-4-7-16(10-15)22-2/h4-10,12,14H,11,13H2,1-3H3,(H2,20,21). The lowest BCUT2D eigenvalue weighted by molar-refractivity contribution is 0.229. The zero-order chi connectivity index (χ0) is 17.4. The van der Waals surface area contributed by atoms with Crippen LogP contribution in [0.25, 0.3) is 0 Å². The predicted octanol–water partition coefficient (Wildman–Crippen LogP) is 3.07. The maximum atomic E-state index is 6.02. The normalized spacial score (nSPS) is 12.5. The third kappa shape index (κ3) is 5.50. The number of rotatable bonds is 8. The number of methoxy groups -OCH3 is 2. The van der Waals surface area contributed by atoms with Crippen LogP contribution >= 0.6 is 0 Å². The average molecular weight is 328 g/mol. The molecule has 0 bridgehead atoms. The number of hydrogen-bond acceptors (Lipinski definition) is 4. The van der Waals surface area contributed by atoms with Gasteiger partial charge in [0.2, 0.25) is 0 Å². The fourth-order valence-corrected chi connectivity index (χ4v) is 2.24. The van der Waals surface area contributed by atoms with E-state index in [4.69, 9.17) is 19.9 Å². The van der Waals surface area contributed by atoms with Crippen LogP contribution in [0.1, 0.15) is 12.5 Å². The maximum Gasteiger partial charge on any atom is 0.123 e. The Hall–Kier alpha value is -2.69. The minimum atomic E-state index is -0.0824. The zero-order valence-corrected chi connectivity index (χ0v) is 14.4. The van der Waals surface area contributed by atoms with Crippen LogP contribution in [0.4, 0.5) is 0 Å². The average Bonchev–Trinajstić information content (AvgIpc) is 2.60. The number of aliphatic imine (C=N–C) groups is 1. The third-order valence-electron chi connectivity index (χ3n) is 3.45. The summed E-state index contributed by atoms with van der Waals surface area (Å²) in [4.78, 5) is 4.41. The topological polar surface area (TPSA) is 66.1 Å². The van der Waals surface area contributed by atoms with Gasteiger partial charge in [-0.3, -0.25) is 4.99 Å². The van der Waals surface area contributed by atoms with Gasteiger partial charge in [-0.05, 0) is 36.8 Å². The summed E-state index contributed by atoms with van der Waals surface area (Å²) in [6.45, 7) is 2.45. The highest BCUT2D eigenvalue weighted by Gasteiger charge is 2.05. The molecule has 0 amide bonds. The van der Waals surface area contributed by atoms with Crippen molar-refractivity contribution in [3.8, 4) is 17.2 Å². The molecule has 2 aromatic rings. The largest absolute Gasteiger partial charge is 0.497 e. The van der Waals surface area contributed by atoms with Gasteiger partial charge in [0.1, 0.15) is 23.4 Å². The summed E-state index contributed by atoms with van der Waals surface area (Å²) in [5.74, 6) is 2.91. The van der Waals surface area contributed by atoms with E-state index in [1.54, 1.807) is 14.2 Å². The van der Waals surface area contributed by atoms with E-state index in [0.717, 1.165) is 22.8 Å². The number of amidine groups is 1. The molecule has 2 N–H and O–H groups in total. The third-order valence-corrected chi connectivity index (χ3v) is 3.45. The maximum absolute atomic E-state index is 6.02. The minimum absolute atomic E-state index is 0.0824. The smallest absolute Gasteiger partial charge is 0.123 e. The van der Waals surface area contributed by atoms with Crippen molar-refractivity contribution in [2.45, 2.75) is 19.4 Å². The number of nitrogens with zero attached hydrogens (tertiary/aromatic N) is 1. The first kappa shape index (κ1) is 17.7. The SMILES string of the molecule is COc1cccc(CC(N)=NCC(C)Oc2cccc(OC)c2)c1. The fourth-order valence-electron chi connectivity index (χ4n) is 2.24. The second-order valence-electron chi connectivity index (χ2n) is 5.47. The Morgan fingerprint density at radius 3 is 2.33 bits per heavy atom. The highest BCUT2D eigenvalue weighted by Crippen LogP contribution is 2.20. The molecule has 2 rings (SSSR count). The van der Waals surface area contributed by atoms with E-state index in [2.05, 4.69) is 4.99 Å². The summed E-state index contributed by atoms with van der Waals surface area (Å²) in [6.07, 6.45) is 0.504. The van der Waals surface area contributed by atoms with Gasteiger partial charge in [0, 0.05) is 12.5 Å². The van der Waals surface area contributed by atoms with Crippen LogP contribution in [0.15, 0.2) is 53.5 Å². The molecule has 5 nitrogen and oxygen atoms in total. The molecule has 0 aromatic heterocycles. The van der Waals surface area contributed by atoms with Gasteiger partial charge >= 0.3 is 0 Å². The van der Waals surface area contributed by atoms with E-state index < -0.39 is 0 Å². The molecule has 0 saturated carbocycles. The first-order valence-electron chi connectivity index (χ1n) is 7.83. The van der Waals surface area contributed by atoms with Crippen LogP contribution in [-0.2, 0) is 6.42 Å². The molecule has 0 fully saturated rings. The Labute approximate surface area is 143 Å². The summed E-state index contributed by atoms with van der Waals surface area (Å²) in [5, 5.41) is 0. The van der Waals surface area contributed by atoms with Gasteiger partial charge in [-0.25, -0.2) is 0 Å². The van der Waals surface area contributed by atoms with Crippen molar-refractivity contribution < 1.29 is 14.2 Å². The molecule has 128 valence electrons. The van der Waals surface area contributed by atoms with Crippen LogP contribution in [0.3, 0.4) is 0 Å². The second-order valence-corrected chi connectivity index (χ2v) is 5.47. The van der Waals surface area contributed by atoms with Crippen LogP contribution in [-0.4, -0.2) is 32.7 Å². The van der Waals surface area contributed by atoms with Crippen molar-refractivity contribution in [1.29, 1.82) is 0 Å². The molecule has 0 heterocycles. The summed E-state index contributed by atoms with van der Waals surface area (Å²) in [5.41, 5.74) is 7.08. The Morgan fingerprint density at radius 1 is 1.00 bits per heavy atom. The highest BCUT2D eigenvalue weighted by atomic mass is 16.5. The minimum Gasteiger partial charge on any atom is -0.497 e. The van der Waals surface area contributed by atoms with Gasteiger partial charge in [0.05, 0.1) is 26.6 Å². The van der Waals surface area contributed by atoms with Crippen LogP contribution in [0.5, 0.6) is 17.2 Å². The number of nitrogens with two attached hydrogens (primary N) is 1. The Kier molecular flexibility index (Phi) is 6.49. The lowest BCUT2D eigenvalue weighted by Crippen LogP contribution is -2.21. The predicted molar refractivity (Wildman–Crippen MR) is 96.3 cm³/mol. The van der Waals surface area contributed by atoms with E-state index in [9.17, 15) is 0 Å². The van der Waals surface area contributed by atoms with Crippen molar-refractivity contribution >= 4 is 5.84 Å². The quantitative estimate of drug-likeness (QED) is 0.597. The Morgan fingerprint density at radius 2 is 1.62 bits per heavy atom. The fraction of sp³-hybridized carbons (Fsp3) is 0.316. The number of hydrogen-bond donors (Lipinski definition) is 1. The number of ether oxygens (including phenoxy) is 3. The molecule has 0 radical (unpaired) electrons. The van der Waals surface area contributed by atoms with Gasteiger partial charge in [0.25, 0.3) is 0 Å².